The molecule has 0 aliphatic rings. The van der Waals surface area contributed by atoms with Crippen LogP contribution in [0.3, 0.4) is 0 Å². The van der Waals surface area contributed by atoms with Crippen LogP contribution in [0.15, 0.2) is 54.7 Å². The van der Waals surface area contributed by atoms with Crippen LogP contribution < -0.4 is 0 Å². The molecule has 3 aromatic rings. The van der Waals surface area contributed by atoms with Gasteiger partial charge in [0.2, 0.25) is 0 Å². The van der Waals surface area contributed by atoms with Gasteiger partial charge in [-0.05, 0) is 58.0 Å². The van der Waals surface area contributed by atoms with E-state index >= 15 is 0 Å². The van der Waals surface area contributed by atoms with E-state index in [1.54, 1.807) is 0 Å². The van der Waals surface area contributed by atoms with Crippen LogP contribution in [-0.4, -0.2) is 4.98 Å². The van der Waals surface area contributed by atoms with Gasteiger partial charge in [0.25, 0.3) is 0 Å². The number of pyridine rings is 1. The first-order valence-electron chi connectivity index (χ1n) is 5.85. The van der Waals surface area contributed by atoms with Gasteiger partial charge >= 0.3 is 0 Å². The molecule has 0 spiro atoms. The summed E-state index contributed by atoms with van der Waals surface area (Å²) in [5.74, 6) is 0. The van der Waals surface area contributed by atoms with E-state index < -0.39 is 0 Å². The van der Waals surface area contributed by atoms with Crippen LogP contribution >= 0.6 is 22.6 Å². The van der Waals surface area contributed by atoms with Crippen LogP contribution in [0.25, 0.3) is 21.9 Å². The monoisotopic (exact) mass is 345 g/mol. The van der Waals surface area contributed by atoms with Crippen molar-refractivity contribution in [1.29, 1.82) is 0 Å². The molecule has 1 aromatic heterocycles. The van der Waals surface area contributed by atoms with Crippen molar-refractivity contribution < 1.29 is 0 Å². The molecule has 1 nitrogen and oxygen atoms in total. The molecule has 0 fully saturated rings. The Morgan fingerprint density at radius 1 is 0.944 bits per heavy atom. The van der Waals surface area contributed by atoms with E-state index in [1.165, 1.54) is 27.5 Å². The van der Waals surface area contributed by atoms with E-state index in [0.717, 1.165) is 3.70 Å². The summed E-state index contributed by atoms with van der Waals surface area (Å²) >= 11 is 2.28. The van der Waals surface area contributed by atoms with Gasteiger partial charge in [-0.1, -0.05) is 42.0 Å². The Balaban J connectivity index is 2.22. The van der Waals surface area contributed by atoms with Crippen molar-refractivity contribution in [3.63, 3.8) is 0 Å². The van der Waals surface area contributed by atoms with Crippen molar-refractivity contribution in [2.45, 2.75) is 6.92 Å². The summed E-state index contributed by atoms with van der Waals surface area (Å²) in [6, 6.07) is 17.2. The Hall–Kier alpha value is -1.42. The van der Waals surface area contributed by atoms with Crippen molar-refractivity contribution in [2.75, 3.05) is 0 Å². The highest BCUT2D eigenvalue weighted by molar-refractivity contribution is 14.1. The van der Waals surface area contributed by atoms with Crippen LogP contribution in [0.4, 0.5) is 0 Å². The van der Waals surface area contributed by atoms with Gasteiger partial charge < -0.3 is 0 Å². The number of halogens is 1. The average molecular weight is 345 g/mol. The lowest BCUT2D eigenvalue weighted by Gasteiger charge is -2.06. The minimum Gasteiger partial charge on any atom is -0.250 e. The van der Waals surface area contributed by atoms with Crippen LogP contribution in [0.2, 0.25) is 0 Å². The lowest BCUT2D eigenvalue weighted by Crippen LogP contribution is -1.86. The maximum Gasteiger partial charge on any atom is 0.109 e. The Kier molecular flexibility index (Phi) is 3.04. The van der Waals surface area contributed by atoms with E-state index in [0.29, 0.717) is 0 Å². The maximum absolute atomic E-state index is 4.34. The van der Waals surface area contributed by atoms with Crippen LogP contribution in [0, 0.1) is 10.6 Å². The topological polar surface area (TPSA) is 12.9 Å². The Bertz CT molecular complexity index is 719. The zero-order chi connectivity index (χ0) is 12.5. The molecule has 0 aliphatic carbocycles. The molecule has 0 unspecified atom stereocenters. The van der Waals surface area contributed by atoms with Gasteiger partial charge in [0, 0.05) is 11.8 Å². The lowest BCUT2D eigenvalue weighted by atomic mass is 10.0. The number of benzene rings is 2. The fourth-order valence-corrected chi connectivity index (χ4v) is 2.79. The van der Waals surface area contributed by atoms with Gasteiger partial charge in [-0.15, -0.1) is 0 Å². The molecule has 0 N–H and O–H groups in total. The molecule has 3 rings (SSSR count). The molecular formula is C16H12IN. The highest BCUT2D eigenvalue weighted by atomic mass is 127. The second kappa shape index (κ2) is 4.69. The van der Waals surface area contributed by atoms with Crippen molar-refractivity contribution in [2.24, 2.45) is 0 Å². The summed E-state index contributed by atoms with van der Waals surface area (Å²) in [7, 11) is 0. The first kappa shape index (κ1) is 11.7. The number of hydrogen-bond acceptors (Lipinski definition) is 1. The number of hydrogen-bond donors (Lipinski definition) is 0. The highest BCUT2D eigenvalue weighted by Gasteiger charge is 2.04. The molecule has 0 atom stereocenters. The lowest BCUT2D eigenvalue weighted by molar-refractivity contribution is 1.27. The summed E-state index contributed by atoms with van der Waals surface area (Å²) in [6.07, 6.45) is 1.83. The van der Waals surface area contributed by atoms with Crippen molar-refractivity contribution in [3.8, 4) is 11.1 Å². The molecule has 18 heavy (non-hydrogen) atoms. The van der Waals surface area contributed by atoms with Gasteiger partial charge in [0.15, 0.2) is 0 Å². The third-order valence-corrected chi connectivity index (χ3v) is 3.93. The predicted octanol–water partition coefficient (Wildman–Crippen LogP) is 4.81. The zero-order valence-corrected chi connectivity index (χ0v) is 12.2. The molecule has 0 saturated heterocycles. The van der Waals surface area contributed by atoms with Gasteiger partial charge in [-0.3, -0.25) is 0 Å². The number of aromatic nitrogens is 1. The smallest absolute Gasteiger partial charge is 0.109 e. The van der Waals surface area contributed by atoms with Crippen molar-refractivity contribution in [3.05, 3.63) is 64.0 Å². The molecule has 0 bridgehead atoms. The minimum atomic E-state index is 1.04. The molecule has 1 heterocycles. The second-order valence-electron chi connectivity index (χ2n) is 4.41. The number of nitrogens with zero attached hydrogens (tertiary/aromatic N) is 1. The molecule has 0 saturated carbocycles. The van der Waals surface area contributed by atoms with E-state index in [-0.39, 0.29) is 0 Å². The fraction of sp³-hybridized carbons (Fsp3) is 0.0625. The van der Waals surface area contributed by atoms with Gasteiger partial charge in [0.1, 0.15) is 3.70 Å². The van der Waals surface area contributed by atoms with Gasteiger partial charge in [0.05, 0.1) is 0 Å². The molecule has 0 amide bonds. The van der Waals surface area contributed by atoms with E-state index in [9.17, 15) is 0 Å². The molecule has 88 valence electrons. The van der Waals surface area contributed by atoms with Crippen molar-refractivity contribution >= 4 is 33.4 Å². The van der Waals surface area contributed by atoms with Gasteiger partial charge in [-0.25, -0.2) is 4.98 Å². The number of aryl methyl sites for hydroxylation is 1. The summed E-state index contributed by atoms with van der Waals surface area (Å²) in [4.78, 5) is 4.34. The first-order chi connectivity index (χ1) is 8.74. The van der Waals surface area contributed by atoms with Crippen LogP contribution in [-0.2, 0) is 0 Å². The molecule has 2 heteroatoms. The summed E-state index contributed by atoms with van der Waals surface area (Å²) in [5, 5.41) is 2.57. The number of fused-ring (bicyclic) bond motifs is 1. The fourth-order valence-electron chi connectivity index (χ4n) is 2.14. The summed E-state index contributed by atoms with van der Waals surface area (Å²) in [5.41, 5.74) is 3.72. The maximum atomic E-state index is 4.34. The van der Waals surface area contributed by atoms with Gasteiger partial charge in [-0.2, -0.15) is 0 Å². The Morgan fingerprint density at radius 3 is 2.61 bits per heavy atom. The predicted molar refractivity (Wildman–Crippen MR) is 84.6 cm³/mol. The normalized spacial score (nSPS) is 10.8. The van der Waals surface area contributed by atoms with Crippen LogP contribution in [0.5, 0.6) is 0 Å². The quantitative estimate of drug-likeness (QED) is 0.455. The molecule has 0 aliphatic heterocycles. The SMILES string of the molecule is Cc1ccc2ccc(-c3cccnc3I)cc2c1. The van der Waals surface area contributed by atoms with Crippen molar-refractivity contribution in [1.82, 2.24) is 4.98 Å². The van der Waals surface area contributed by atoms with E-state index in [1.807, 2.05) is 12.3 Å². The molecule has 0 radical (unpaired) electrons. The summed E-state index contributed by atoms with van der Waals surface area (Å²) in [6.45, 7) is 2.12. The molecule has 2 aromatic carbocycles. The third kappa shape index (κ3) is 2.12. The highest BCUT2D eigenvalue weighted by Crippen LogP contribution is 2.27. The largest absolute Gasteiger partial charge is 0.250 e. The zero-order valence-electron chi connectivity index (χ0n) is 10.0. The molecular weight excluding hydrogens is 333 g/mol. The second-order valence-corrected chi connectivity index (χ2v) is 5.43. The van der Waals surface area contributed by atoms with E-state index in [4.69, 9.17) is 0 Å². The average Bonchev–Trinajstić information content (AvgIpc) is 2.38. The Labute approximate surface area is 120 Å². The standard InChI is InChI=1S/C16H12IN/c1-11-4-5-12-6-7-13(10-14(12)9-11)15-3-2-8-18-16(15)17/h2-10H,1H3. The minimum absolute atomic E-state index is 1.04. The third-order valence-electron chi connectivity index (χ3n) is 3.07. The first-order valence-corrected chi connectivity index (χ1v) is 6.93. The summed E-state index contributed by atoms with van der Waals surface area (Å²) < 4.78 is 1.04. The Morgan fingerprint density at radius 2 is 1.78 bits per heavy atom. The van der Waals surface area contributed by atoms with E-state index in [2.05, 4.69) is 77.0 Å². The van der Waals surface area contributed by atoms with Crippen LogP contribution in [0.1, 0.15) is 5.56 Å². The number of rotatable bonds is 1.